The minimum Gasteiger partial charge on any atom is -0.331 e. The number of aromatic amines is 1. The standard InChI is InChI=1S/C8H13N3O/c1-8(2,3)7(12)11-6-4-9-5-10-6/h4-5H,1-3H3,(H,9,10)(H,11,12). The molecule has 1 amide bonds. The normalized spacial score (nSPS) is 11.2. The predicted octanol–water partition coefficient (Wildman–Crippen LogP) is 1.39. The molecule has 1 aromatic heterocycles. The Kier molecular flexibility index (Phi) is 2.17. The monoisotopic (exact) mass is 167 g/mol. The predicted molar refractivity (Wildman–Crippen MR) is 46.7 cm³/mol. The first-order chi connectivity index (χ1) is 5.50. The summed E-state index contributed by atoms with van der Waals surface area (Å²) < 4.78 is 0. The summed E-state index contributed by atoms with van der Waals surface area (Å²) in [5.41, 5.74) is -0.370. The maximum absolute atomic E-state index is 11.4. The van der Waals surface area contributed by atoms with Gasteiger partial charge in [0.1, 0.15) is 5.82 Å². The minimum absolute atomic E-state index is 0.0215. The summed E-state index contributed by atoms with van der Waals surface area (Å²) in [6.07, 6.45) is 3.10. The van der Waals surface area contributed by atoms with Crippen LogP contribution < -0.4 is 5.32 Å². The van der Waals surface area contributed by atoms with E-state index < -0.39 is 0 Å². The second kappa shape index (κ2) is 2.97. The van der Waals surface area contributed by atoms with Crippen LogP contribution in [0.3, 0.4) is 0 Å². The molecule has 1 aromatic rings. The number of hydrogen-bond donors (Lipinski definition) is 2. The quantitative estimate of drug-likeness (QED) is 0.664. The molecule has 4 nitrogen and oxygen atoms in total. The lowest BCUT2D eigenvalue weighted by atomic mass is 9.96. The van der Waals surface area contributed by atoms with E-state index in [9.17, 15) is 4.79 Å². The first-order valence-corrected chi connectivity index (χ1v) is 3.80. The highest BCUT2D eigenvalue weighted by Crippen LogP contribution is 2.15. The summed E-state index contributed by atoms with van der Waals surface area (Å²) in [4.78, 5) is 18.0. The van der Waals surface area contributed by atoms with Crippen LogP contribution in [0.5, 0.6) is 0 Å². The molecule has 1 rings (SSSR count). The van der Waals surface area contributed by atoms with Gasteiger partial charge in [0.25, 0.3) is 0 Å². The maximum Gasteiger partial charge on any atom is 0.230 e. The molecular formula is C8H13N3O. The highest BCUT2D eigenvalue weighted by molar-refractivity contribution is 5.93. The van der Waals surface area contributed by atoms with Gasteiger partial charge < -0.3 is 10.3 Å². The van der Waals surface area contributed by atoms with Gasteiger partial charge >= 0.3 is 0 Å². The molecule has 12 heavy (non-hydrogen) atoms. The number of hydrogen-bond acceptors (Lipinski definition) is 2. The van der Waals surface area contributed by atoms with E-state index in [1.54, 1.807) is 6.20 Å². The number of rotatable bonds is 1. The molecule has 0 fully saturated rings. The van der Waals surface area contributed by atoms with Crippen molar-refractivity contribution in [1.29, 1.82) is 0 Å². The number of nitrogens with one attached hydrogen (secondary N) is 2. The van der Waals surface area contributed by atoms with Crippen LogP contribution in [0.25, 0.3) is 0 Å². The number of amides is 1. The second-order valence-corrected chi connectivity index (χ2v) is 3.67. The summed E-state index contributed by atoms with van der Waals surface area (Å²) in [5.74, 6) is 0.613. The van der Waals surface area contributed by atoms with Crippen LogP contribution in [0, 0.1) is 5.41 Å². The Morgan fingerprint density at radius 2 is 2.25 bits per heavy atom. The lowest BCUT2D eigenvalue weighted by Crippen LogP contribution is -2.27. The van der Waals surface area contributed by atoms with Gasteiger partial charge in [-0.05, 0) is 0 Å². The van der Waals surface area contributed by atoms with Crippen LogP contribution in [-0.4, -0.2) is 15.9 Å². The molecule has 0 atom stereocenters. The van der Waals surface area contributed by atoms with Crippen LogP contribution in [0.2, 0.25) is 0 Å². The lowest BCUT2D eigenvalue weighted by Gasteiger charge is -2.16. The molecule has 66 valence electrons. The Labute approximate surface area is 71.4 Å². The Balaban J connectivity index is 2.60. The number of nitrogens with zero attached hydrogens (tertiary/aromatic N) is 1. The topological polar surface area (TPSA) is 57.8 Å². The van der Waals surface area contributed by atoms with Crippen molar-refractivity contribution in [3.05, 3.63) is 12.5 Å². The van der Waals surface area contributed by atoms with E-state index in [1.165, 1.54) is 6.33 Å². The number of carbonyl (C=O) groups excluding carboxylic acids is 1. The van der Waals surface area contributed by atoms with E-state index in [2.05, 4.69) is 15.3 Å². The van der Waals surface area contributed by atoms with Crippen LogP contribution in [0.15, 0.2) is 12.5 Å². The van der Waals surface area contributed by atoms with Crippen molar-refractivity contribution in [2.24, 2.45) is 5.41 Å². The van der Waals surface area contributed by atoms with Gasteiger partial charge in [-0.25, -0.2) is 4.98 Å². The van der Waals surface area contributed by atoms with Crippen molar-refractivity contribution in [2.45, 2.75) is 20.8 Å². The van der Waals surface area contributed by atoms with Gasteiger partial charge in [0.15, 0.2) is 0 Å². The first-order valence-electron chi connectivity index (χ1n) is 3.80. The highest BCUT2D eigenvalue weighted by Gasteiger charge is 2.21. The molecular weight excluding hydrogens is 154 g/mol. The summed E-state index contributed by atoms with van der Waals surface area (Å²) >= 11 is 0. The molecule has 0 unspecified atom stereocenters. The van der Waals surface area contributed by atoms with Gasteiger partial charge in [-0.15, -0.1) is 0 Å². The third kappa shape index (κ3) is 2.08. The van der Waals surface area contributed by atoms with Crippen LogP contribution in [-0.2, 0) is 4.79 Å². The molecule has 0 saturated heterocycles. The zero-order valence-corrected chi connectivity index (χ0v) is 7.51. The van der Waals surface area contributed by atoms with Crippen molar-refractivity contribution >= 4 is 11.7 Å². The third-order valence-electron chi connectivity index (χ3n) is 1.43. The second-order valence-electron chi connectivity index (χ2n) is 3.67. The summed E-state index contributed by atoms with van der Waals surface area (Å²) in [7, 11) is 0. The van der Waals surface area contributed by atoms with Crippen molar-refractivity contribution in [3.8, 4) is 0 Å². The van der Waals surface area contributed by atoms with Crippen LogP contribution >= 0.6 is 0 Å². The van der Waals surface area contributed by atoms with E-state index in [1.807, 2.05) is 20.8 Å². The van der Waals surface area contributed by atoms with Gasteiger partial charge in [-0.3, -0.25) is 4.79 Å². The zero-order chi connectivity index (χ0) is 9.19. The van der Waals surface area contributed by atoms with Gasteiger partial charge in [-0.1, -0.05) is 20.8 Å². The fourth-order valence-electron chi connectivity index (χ4n) is 0.634. The Morgan fingerprint density at radius 1 is 1.58 bits per heavy atom. The molecule has 2 N–H and O–H groups in total. The molecule has 0 aliphatic rings. The summed E-state index contributed by atoms with van der Waals surface area (Å²) in [6, 6.07) is 0. The Hall–Kier alpha value is -1.32. The lowest BCUT2D eigenvalue weighted by molar-refractivity contribution is -0.123. The van der Waals surface area contributed by atoms with Gasteiger partial charge in [0.05, 0.1) is 12.5 Å². The molecule has 1 heterocycles. The number of aromatic nitrogens is 2. The molecule has 0 saturated carbocycles. The number of imidazole rings is 1. The number of carbonyl (C=O) groups is 1. The summed E-state index contributed by atoms with van der Waals surface area (Å²) in [6.45, 7) is 5.58. The smallest absolute Gasteiger partial charge is 0.230 e. The van der Waals surface area contributed by atoms with Crippen molar-refractivity contribution in [1.82, 2.24) is 9.97 Å². The van der Waals surface area contributed by atoms with E-state index in [0.29, 0.717) is 5.82 Å². The number of anilines is 1. The van der Waals surface area contributed by atoms with Crippen molar-refractivity contribution < 1.29 is 4.79 Å². The van der Waals surface area contributed by atoms with E-state index in [4.69, 9.17) is 0 Å². The van der Waals surface area contributed by atoms with Crippen LogP contribution in [0.4, 0.5) is 5.82 Å². The van der Waals surface area contributed by atoms with Gasteiger partial charge in [0.2, 0.25) is 5.91 Å². The summed E-state index contributed by atoms with van der Waals surface area (Å²) in [5, 5.41) is 2.70. The van der Waals surface area contributed by atoms with Crippen LogP contribution in [0.1, 0.15) is 20.8 Å². The first kappa shape index (κ1) is 8.77. The fraction of sp³-hybridized carbons (Fsp3) is 0.500. The largest absolute Gasteiger partial charge is 0.331 e. The molecule has 0 radical (unpaired) electrons. The average molecular weight is 167 g/mol. The van der Waals surface area contributed by atoms with E-state index in [0.717, 1.165) is 0 Å². The highest BCUT2D eigenvalue weighted by atomic mass is 16.2. The fourth-order valence-corrected chi connectivity index (χ4v) is 0.634. The van der Waals surface area contributed by atoms with E-state index in [-0.39, 0.29) is 11.3 Å². The maximum atomic E-state index is 11.4. The third-order valence-corrected chi connectivity index (χ3v) is 1.43. The Bertz CT molecular complexity index is 258. The molecule has 4 heteroatoms. The molecule has 0 aromatic carbocycles. The van der Waals surface area contributed by atoms with Crippen molar-refractivity contribution in [3.63, 3.8) is 0 Å². The molecule has 0 aliphatic carbocycles. The van der Waals surface area contributed by atoms with E-state index >= 15 is 0 Å². The molecule has 0 bridgehead atoms. The average Bonchev–Trinajstić information content (AvgIpc) is 2.37. The minimum atomic E-state index is -0.370. The molecule has 0 spiro atoms. The van der Waals surface area contributed by atoms with Crippen molar-refractivity contribution in [2.75, 3.05) is 5.32 Å². The zero-order valence-electron chi connectivity index (χ0n) is 7.51. The van der Waals surface area contributed by atoms with Gasteiger partial charge in [0, 0.05) is 5.41 Å². The number of H-pyrrole nitrogens is 1. The molecule has 0 aliphatic heterocycles. The Morgan fingerprint density at radius 3 is 2.67 bits per heavy atom. The van der Waals surface area contributed by atoms with Gasteiger partial charge in [-0.2, -0.15) is 0 Å². The SMILES string of the molecule is CC(C)(C)C(=O)Nc1cnc[nH]1.